The molecule has 1 aliphatic rings. The topological polar surface area (TPSA) is 86.5 Å². The normalized spacial score (nSPS) is 17.1. The highest BCUT2D eigenvalue weighted by Gasteiger charge is 2.28. The molecule has 0 saturated carbocycles. The number of likely N-dealkylation sites (tertiary alicyclic amines) is 1. The fourth-order valence-corrected chi connectivity index (χ4v) is 3.95. The van der Waals surface area contributed by atoms with Gasteiger partial charge < -0.3 is 14.5 Å². The van der Waals surface area contributed by atoms with Crippen LogP contribution >= 0.6 is 0 Å². The van der Waals surface area contributed by atoms with E-state index >= 15 is 0 Å². The first-order chi connectivity index (χ1) is 13.5. The van der Waals surface area contributed by atoms with Crippen molar-refractivity contribution >= 4 is 5.97 Å². The predicted octanol–water partition coefficient (Wildman–Crippen LogP) is 3.98. The maximum Gasteiger partial charge on any atom is 0.336 e. The number of nitrogens with zero attached hydrogens (tertiary/aromatic N) is 1. The molecule has 6 heteroatoms. The quantitative estimate of drug-likeness (QED) is 0.701. The zero-order valence-electron chi connectivity index (χ0n) is 15.6. The van der Waals surface area contributed by atoms with Crippen LogP contribution in [0.5, 0.6) is 0 Å². The van der Waals surface area contributed by atoms with Crippen LogP contribution in [0.4, 0.5) is 0 Å². The van der Waals surface area contributed by atoms with Crippen molar-refractivity contribution in [3.8, 4) is 11.3 Å². The molecule has 6 nitrogen and oxygen atoms in total. The third-order valence-corrected chi connectivity index (χ3v) is 5.16. The van der Waals surface area contributed by atoms with Crippen LogP contribution in [0, 0.1) is 6.92 Å². The van der Waals surface area contributed by atoms with Gasteiger partial charge in [0.1, 0.15) is 11.5 Å². The average molecular weight is 378 g/mol. The Morgan fingerprint density at radius 3 is 2.86 bits per heavy atom. The molecule has 2 N–H and O–H groups in total. The second-order valence-corrected chi connectivity index (χ2v) is 7.20. The molecule has 0 aliphatic carbocycles. The maximum absolute atomic E-state index is 11.9. The number of nitrogens with one attached hydrogen (secondary N) is 1. The molecule has 1 saturated heterocycles. The Kier molecular flexibility index (Phi) is 4.88. The van der Waals surface area contributed by atoms with Crippen molar-refractivity contribution in [2.45, 2.75) is 32.4 Å². The van der Waals surface area contributed by atoms with Gasteiger partial charge in [0.25, 0.3) is 0 Å². The number of rotatable bonds is 5. The Hall–Kier alpha value is -3.12. The molecule has 0 amide bonds. The summed E-state index contributed by atoms with van der Waals surface area (Å²) in [5, 5.41) is 9.39. The van der Waals surface area contributed by atoms with E-state index in [1.54, 1.807) is 36.4 Å². The van der Waals surface area contributed by atoms with Gasteiger partial charge in [0.05, 0.1) is 18.2 Å². The summed E-state index contributed by atoms with van der Waals surface area (Å²) < 4.78 is 5.98. The van der Waals surface area contributed by atoms with Gasteiger partial charge in [-0.3, -0.25) is 9.69 Å². The number of aromatic nitrogens is 1. The summed E-state index contributed by atoms with van der Waals surface area (Å²) in [6.07, 6.45) is 2.03. The third-order valence-electron chi connectivity index (χ3n) is 5.16. The van der Waals surface area contributed by atoms with Crippen LogP contribution in [0.2, 0.25) is 0 Å². The van der Waals surface area contributed by atoms with Gasteiger partial charge in [0.15, 0.2) is 5.43 Å². The lowest BCUT2D eigenvalue weighted by Crippen LogP contribution is -2.24. The molecule has 3 heterocycles. The van der Waals surface area contributed by atoms with Crippen molar-refractivity contribution in [2.75, 3.05) is 6.54 Å². The van der Waals surface area contributed by atoms with Crippen LogP contribution in [0.15, 0.2) is 57.7 Å². The molecule has 0 radical (unpaired) electrons. The first-order valence-corrected chi connectivity index (χ1v) is 9.37. The highest BCUT2D eigenvalue weighted by atomic mass is 16.4. The zero-order chi connectivity index (χ0) is 19.7. The third kappa shape index (κ3) is 3.64. The Morgan fingerprint density at radius 1 is 1.25 bits per heavy atom. The largest absolute Gasteiger partial charge is 0.478 e. The lowest BCUT2D eigenvalue weighted by Gasteiger charge is -2.23. The van der Waals surface area contributed by atoms with Gasteiger partial charge in [-0.05, 0) is 44.5 Å². The first kappa shape index (κ1) is 18.3. The van der Waals surface area contributed by atoms with Crippen molar-refractivity contribution in [3.63, 3.8) is 0 Å². The van der Waals surface area contributed by atoms with E-state index in [1.807, 2.05) is 19.1 Å². The number of benzene rings is 1. The summed E-state index contributed by atoms with van der Waals surface area (Å²) in [6.45, 7) is 3.42. The summed E-state index contributed by atoms with van der Waals surface area (Å²) in [6, 6.07) is 14.0. The van der Waals surface area contributed by atoms with E-state index in [-0.39, 0.29) is 17.0 Å². The smallest absolute Gasteiger partial charge is 0.336 e. The van der Waals surface area contributed by atoms with E-state index in [0.29, 0.717) is 17.9 Å². The van der Waals surface area contributed by atoms with E-state index < -0.39 is 5.97 Å². The molecular weight excluding hydrogens is 356 g/mol. The van der Waals surface area contributed by atoms with Gasteiger partial charge in [-0.25, -0.2) is 4.79 Å². The fraction of sp³-hybridized carbons (Fsp3) is 0.273. The Bertz CT molecular complexity index is 1070. The van der Waals surface area contributed by atoms with Crippen molar-refractivity contribution in [1.29, 1.82) is 0 Å². The predicted molar refractivity (Wildman–Crippen MR) is 105 cm³/mol. The minimum Gasteiger partial charge on any atom is -0.478 e. The van der Waals surface area contributed by atoms with Crippen LogP contribution in [0.25, 0.3) is 11.3 Å². The number of furan rings is 1. The molecule has 0 bridgehead atoms. The van der Waals surface area contributed by atoms with E-state index in [1.165, 1.54) is 0 Å². The summed E-state index contributed by atoms with van der Waals surface area (Å²) in [5.41, 5.74) is 2.61. The maximum atomic E-state index is 11.9. The van der Waals surface area contributed by atoms with Crippen LogP contribution in [0.1, 0.15) is 46.4 Å². The van der Waals surface area contributed by atoms with Gasteiger partial charge >= 0.3 is 5.97 Å². The molecule has 0 spiro atoms. The summed E-state index contributed by atoms with van der Waals surface area (Å²) >= 11 is 0. The van der Waals surface area contributed by atoms with Gasteiger partial charge in [-0.2, -0.15) is 0 Å². The molecule has 28 heavy (non-hydrogen) atoms. The SMILES string of the molecule is Cc1cc(=O)cc(C2CCCN2Cc2ccc(-c3ccccc3C(=O)O)o2)[nH]1. The average Bonchev–Trinajstić information content (AvgIpc) is 3.31. The van der Waals surface area contributed by atoms with E-state index in [4.69, 9.17) is 4.42 Å². The lowest BCUT2D eigenvalue weighted by atomic mass is 10.1. The second-order valence-electron chi connectivity index (χ2n) is 7.20. The Balaban J connectivity index is 1.57. The Morgan fingerprint density at radius 2 is 2.07 bits per heavy atom. The van der Waals surface area contributed by atoms with Crippen molar-refractivity contribution in [2.24, 2.45) is 0 Å². The molecule has 3 aromatic rings. The number of hydrogen-bond donors (Lipinski definition) is 2. The fourth-order valence-electron chi connectivity index (χ4n) is 3.95. The minimum absolute atomic E-state index is 0.0173. The van der Waals surface area contributed by atoms with Gasteiger partial charge in [-0.15, -0.1) is 0 Å². The van der Waals surface area contributed by atoms with Crippen molar-refractivity contribution in [1.82, 2.24) is 9.88 Å². The molecule has 1 fully saturated rings. The number of aromatic carboxylic acids is 1. The number of aromatic amines is 1. The number of carboxylic acids is 1. The standard InChI is InChI=1S/C22H22N2O4/c1-14-11-15(25)12-19(23-14)20-7-4-10-24(20)13-16-8-9-21(28-16)17-5-2-3-6-18(17)22(26)27/h2-3,5-6,8-9,11-12,20H,4,7,10,13H2,1H3,(H,23,25)(H,26,27). The molecule has 4 rings (SSSR count). The van der Waals surface area contributed by atoms with Gasteiger partial charge in [0.2, 0.25) is 0 Å². The number of H-pyrrole nitrogens is 1. The van der Waals surface area contributed by atoms with Crippen LogP contribution in [0.3, 0.4) is 0 Å². The molecule has 1 unspecified atom stereocenters. The molecule has 1 aromatic carbocycles. The van der Waals surface area contributed by atoms with Crippen LogP contribution < -0.4 is 5.43 Å². The number of carboxylic acid groups (broad SMARTS) is 1. The lowest BCUT2D eigenvalue weighted by molar-refractivity contribution is 0.0697. The van der Waals surface area contributed by atoms with Gasteiger partial charge in [0, 0.05) is 29.1 Å². The van der Waals surface area contributed by atoms with E-state index in [2.05, 4.69) is 9.88 Å². The molecule has 1 aliphatic heterocycles. The van der Waals surface area contributed by atoms with E-state index in [0.717, 1.165) is 36.5 Å². The first-order valence-electron chi connectivity index (χ1n) is 9.37. The minimum atomic E-state index is -0.975. The number of carbonyl (C=O) groups is 1. The van der Waals surface area contributed by atoms with Crippen LogP contribution in [-0.4, -0.2) is 27.5 Å². The van der Waals surface area contributed by atoms with Gasteiger partial charge in [-0.1, -0.05) is 18.2 Å². The summed E-state index contributed by atoms with van der Waals surface area (Å²) in [7, 11) is 0. The Labute approximate surface area is 162 Å². The van der Waals surface area contributed by atoms with Crippen molar-refractivity contribution < 1.29 is 14.3 Å². The summed E-state index contributed by atoms with van der Waals surface area (Å²) in [5.74, 6) is 0.348. The van der Waals surface area contributed by atoms with E-state index in [9.17, 15) is 14.7 Å². The second kappa shape index (κ2) is 7.48. The molecular formula is C22H22N2O4. The molecule has 2 aromatic heterocycles. The summed E-state index contributed by atoms with van der Waals surface area (Å²) in [4.78, 5) is 28.9. The molecule has 144 valence electrons. The highest BCUT2D eigenvalue weighted by molar-refractivity contribution is 5.95. The molecule has 1 atom stereocenters. The highest BCUT2D eigenvalue weighted by Crippen LogP contribution is 2.33. The number of aryl methyl sites for hydroxylation is 1. The number of hydrogen-bond acceptors (Lipinski definition) is 4. The monoisotopic (exact) mass is 378 g/mol. The number of pyridine rings is 1. The van der Waals surface area contributed by atoms with Crippen LogP contribution in [-0.2, 0) is 6.54 Å². The zero-order valence-corrected chi connectivity index (χ0v) is 15.6. The van der Waals surface area contributed by atoms with Crippen molar-refractivity contribution in [3.05, 3.63) is 81.5 Å².